The Morgan fingerprint density at radius 2 is 1.27 bits per heavy atom. The van der Waals surface area contributed by atoms with Crippen molar-refractivity contribution in [3.05, 3.63) is 0 Å². The third-order valence-corrected chi connectivity index (χ3v) is 2.60. The number of ether oxygens (including phenoxy) is 5. The topological polar surface area (TPSA) is 114 Å². The zero-order valence-corrected chi connectivity index (χ0v) is 12.7. The number of rotatable bonds is 5. The van der Waals surface area contributed by atoms with E-state index in [9.17, 15) is 19.2 Å². The maximum absolute atomic E-state index is 11.2. The summed E-state index contributed by atoms with van der Waals surface area (Å²) in [6, 6.07) is 0. The van der Waals surface area contributed by atoms with E-state index in [2.05, 4.69) is 0 Å². The van der Waals surface area contributed by atoms with Crippen molar-refractivity contribution in [2.45, 2.75) is 52.3 Å². The molecule has 0 bridgehead atoms. The Morgan fingerprint density at radius 3 is 1.73 bits per heavy atom. The van der Waals surface area contributed by atoms with Crippen molar-refractivity contribution in [2.24, 2.45) is 0 Å². The molecule has 0 aliphatic carbocycles. The second kappa shape index (κ2) is 7.74. The summed E-state index contributed by atoms with van der Waals surface area (Å²) in [5.74, 6) is -2.56. The first-order valence-electron chi connectivity index (χ1n) is 6.51. The summed E-state index contributed by atoms with van der Waals surface area (Å²) < 4.78 is 25.2. The van der Waals surface area contributed by atoms with Crippen LogP contribution in [-0.4, -0.2) is 55.1 Å². The Balaban J connectivity index is 2.94. The van der Waals surface area contributed by atoms with Gasteiger partial charge in [0.2, 0.25) is 12.4 Å². The fraction of sp³-hybridized carbons (Fsp3) is 0.692. The standard InChI is InChI=1S/C13H18O9/c1-6(14)18-5-10-11(19-7(2)15)12(20-8(3)16)13(22-10)21-9(4)17/h10-13H,5H2,1-4H3/t10-,11-,12-,13-/m1/s1/i13+1. The van der Waals surface area contributed by atoms with Gasteiger partial charge in [0, 0.05) is 27.7 Å². The summed E-state index contributed by atoms with van der Waals surface area (Å²) >= 11 is 0. The second-order valence-electron chi connectivity index (χ2n) is 4.60. The third kappa shape index (κ3) is 5.32. The lowest BCUT2D eigenvalue weighted by atomic mass is 10.2. The highest BCUT2D eigenvalue weighted by atomic mass is 16.8. The second-order valence-corrected chi connectivity index (χ2v) is 4.60. The molecule has 0 aromatic carbocycles. The lowest BCUT2D eigenvalue weighted by Gasteiger charge is -2.22. The van der Waals surface area contributed by atoms with Crippen molar-refractivity contribution >= 4 is 23.9 Å². The zero-order chi connectivity index (χ0) is 16.9. The van der Waals surface area contributed by atoms with Crippen LogP contribution >= 0.6 is 0 Å². The molecule has 9 nitrogen and oxygen atoms in total. The fourth-order valence-corrected chi connectivity index (χ4v) is 1.93. The molecule has 4 atom stereocenters. The van der Waals surface area contributed by atoms with Gasteiger partial charge < -0.3 is 23.7 Å². The van der Waals surface area contributed by atoms with E-state index in [0.717, 1.165) is 20.8 Å². The van der Waals surface area contributed by atoms with Crippen LogP contribution in [0.25, 0.3) is 0 Å². The van der Waals surface area contributed by atoms with Crippen LogP contribution in [0.2, 0.25) is 0 Å². The highest BCUT2D eigenvalue weighted by molar-refractivity contribution is 5.68. The van der Waals surface area contributed by atoms with Gasteiger partial charge in [-0.1, -0.05) is 0 Å². The molecule has 1 fully saturated rings. The first-order valence-corrected chi connectivity index (χ1v) is 6.51. The number of hydrogen-bond acceptors (Lipinski definition) is 9. The highest BCUT2D eigenvalue weighted by Crippen LogP contribution is 2.28. The Morgan fingerprint density at radius 1 is 0.773 bits per heavy atom. The molecule has 1 rings (SSSR count). The summed E-state index contributed by atoms with van der Waals surface area (Å²) in [4.78, 5) is 44.4. The minimum Gasteiger partial charge on any atom is -0.463 e. The molecule has 0 spiro atoms. The molecule has 1 saturated heterocycles. The average Bonchev–Trinajstić information content (AvgIpc) is 2.63. The minimum atomic E-state index is -1.26. The first-order chi connectivity index (χ1) is 10.2. The fourth-order valence-electron chi connectivity index (χ4n) is 1.93. The molecule has 0 radical (unpaired) electrons. The molecule has 0 amide bonds. The normalized spacial score (nSPS) is 26.9. The molecular formula is C13H18O9. The molecule has 1 heterocycles. The predicted molar refractivity (Wildman–Crippen MR) is 68.2 cm³/mol. The highest BCUT2D eigenvalue weighted by Gasteiger charge is 2.51. The van der Waals surface area contributed by atoms with Crippen LogP contribution in [0.3, 0.4) is 0 Å². The van der Waals surface area contributed by atoms with E-state index in [1.165, 1.54) is 6.92 Å². The van der Waals surface area contributed by atoms with Crippen molar-refractivity contribution in [1.29, 1.82) is 0 Å². The van der Waals surface area contributed by atoms with Gasteiger partial charge in [-0.15, -0.1) is 0 Å². The molecule has 0 unspecified atom stereocenters. The van der Waals surface area contributed by atoms with E-state index in [1.54, 1.807) is 0 Å². The lowest BCUT2D eigenvalue weighted by molar-refractivity contribution is -0.197. The number of carbonyl (C=O) groups is 4. The molecule has 1 aliphatic heterocycles. The third-order valence-electron chi connectivity index (χ3n) is 2.60. The number of esters is 4. The van der Waals surface area contributed by atoms with Crippen LogP contribution in [0.1, 0.15) is 27.7 Å². The molecular weight excluding hydrogens is 301 g/mol. The van der Waals surface area contributed by atoms with Crippen molar-refractivity contribution in [2.75, 3.05) is 6.61 Å². The van der Waals surface area contributed by atoms with Gasteiger partial charge in [0.25, 0.3) is 0 Å². The Labute approximate surface area is 126 Å². The lowest BCUT2D eigenvalue weighted by Crippen LogP contribution is -2.42. The van der Waals surface area contributed by atoms with Crippen molar-refractivity contribution in [3.63, 3.8) is 0 Å². The van der Waals surface area contributed by atoms with Gasteiger partial charge in [-0.3, -0.25) is 19.2 Å². The Bertz CT molecular complexity index is 458. The van der Waals surface area contributed by atoms with Gasteiger partial charge in [0.1, 0.15) is 12.7 Å². The van der Waals surface area contributed by atoms with Gasteiger partial charge >= 0.3 is 23.9 Å². The van der Waals surface area contributed by atoms with Gasteiger partial charge in [0.05, 0.1) is 0 Å². The summed E-state index contributed by atoms with van der Waals surface area (Å²) in [6.07, 6.45) is -4.40. The summed E-state index contributed by atoms with van der Waals surface area (Å²) in [5.41, 5.74) is 0. The Hall–Kier alpha value is -2.16. The summed E-state index contributed by atoms with van der Waals surface area (Å²) in [7, 11) is 0. The zero-order valence-electron chi connectivity index (χ0n) is 12.7. The van der Waals surface area contributed by atoms with Crippen LogP contribution in [0.5, 0.6) is 0 Å². The van der Waals surface area contributed by atoms with E-state index < -0.39 is 48.5 Å². The molecule has 124 valence electrons. The molecule has 1 aliphatic rings. The summed E-state index contributed by atoms with van der Waals surface area (Å²) in [5, 5.41) is 0. The van der Waals surface area contributed by atoms with Crippen LogP contribution in [0.15, 0.2) is 0 Å². The largest absolute Gasteiger partial charge is 0.463 e. The van der Waals surface area contributed by atoms with Gasteiger partial charge in [-0.05, 0) is 0 Å². The van der Waals surface area contributed by atoms with Gasteiger partial charge in [0.15, 0.2) is 6.10 Å². The molecule has 0 saturated carbocycles. The van der Waals surface area contributed by atoms with Gasteiger partial charge in [-0.2, -0.15) is 0 Å². The number of carbonyl (C=O) groups excluding carboxylic acids is 4. The van der Waals surface area contributed by atoms with Crippen LogP contribution in [0, 0.1) is 0 Å². The molecule has 0 aromatic heterocycles. The van der Waals surface area contributed by atoms with E-state index in [4.69, 9.17) is 23.7 Å². The average molecular weight is 319 g/mol. The molecule has 22 heavy (non-hydrogen) atoms. The first kappa shape index (κ1) is 17.9. The quantitative estimate of drug-likeness (QED) is 0.382. The maximum atomic E-state index is 11.2. The van der Waals surface area contributed by atoms with Gasteiger partial charge in [-0.25, -0.2) is 0 Å². The minimum absolute atomic E-state index is 0.247. The smallest absolute Gasteiger partial charge is 0.305 e. The molecule has 9 heteroatoms. The predicted octanol–water partition coefficient (Wildman–Crippen LogP) is -0.299. The van der Waals surface area contributed by atoms with Crippen molar-refractivity contribution in [1.82, 2.24) is 0 Å². The van der Waals surface area contributed by atoms with Crippen LogP contribution < -0.4 is 0 Å². The van der Waals surface area contributed by atoms with Crippen LogP contribution in [0.4, 0.5) is 0 Å². The summed E-state index contributed by atoms with van der Waals surface area (Å²) in [6.45, 7) is 4.40. The molecule has 0 N–H and O–H groups in total. The van der Waals surface area contributed by atoms with E-state index in [1.807, 2.05) is 0 Å². The monoisotopic (exact) mass is 319 g/mol. The van der Waals surface area contributed by atoms with Crippen LogP contribution in [-0.2, 0) is 42.9 Å². The van der Waals surface area contributed by atoms with E-state index >= 15 is 0 Å². The SMILES string of the molecule is CC(=O)OC[C@H]1O[13C@@H](OC(C)=O)[C@H](OC(C)=O)[C@@H]1OC(C)=O. The maximum Gasteiger partial charge on any atom is 0.305 e. The molecule has 0 aromatic rings. The number of hydrogen-bond donors (Lipinski definition) is 0. The van der Waals surface area contributed by atoms with E-state index in [0.29, 0.717) is 0 Å². The van der Waals surface area contributed by atoms with Crippen molar-refractivity contribution in [3.8, 4) is 0 Å². The Kier molecular flexibility index (Phi) is 6.29. The van der Waals surface area contributed by atoms with Crippen molar-refractivity contribution < 1.29 is 42.9 Å². The van der Waals surface area contributed by atoms with E-state index in [-0.39, 0.29) is 6.61 Å².